The van der Waals surface area contributed by atoms with Crippen molar-refractivity contribution in [2.45, 2.75) is 25.2 Å². The topological polar surface area (TPSA) is 86.8 Å². The fourth-order valence-corrected chi connectivity index (χ4v) is 5.15. The van der Waals surface area contributed by atoms with Crippen molar-refractivity contribution in [3.63, 3.8) is 0 Å². The van der Waals surface area contributed by atoms with Gasteiger partial charge in [-0.3, -0.25) is 9.59 Å². The van der Waals surface area contributed by atoms with E-state index in [4.69, 9.17) is 0 Å². The molecule has 142 valence electrons. The van der Waals surface area contributed by atoms with Gasteiger partial charge >= 0.3 is 0 Å². The minimum absolute atomic E-state index is 0.0651. The van der Waals surface area contributed by atoms with Crippen molar-refractivity contribution < 1.29 is 18.0 Å². The van der Waals surface area contributed by atoms with Crippen LogP contribution in [0.4, 0.5) is 0 Å². The maximum Gasteiger partial charge on any atom is 0.253 e. The van der Waals surface area contributed by atoms with Gasteiger partial charge in [-0.15, -0.1) is 0 Å². The quantitative estimate of drug-likeness (QED) is 0.846. The molecule has 0 unspecified atom stereocenters. The van der Waals surface area contributed by atoms with E-state index in [0.717, 1.165) is 23.8 Å². The van der Waals surface area contributed by atoms with E-state index in [2.05, 4.69) is 19.2 Å². The van der Waals surface area contributed by atoms with Crippen LogP contribution >= 0.6 is 0 Å². The van der Waals surface area contributed by atoms with Gasteiger partial charge < -0.3 is 10.2 Å². The minimum Gasteiger partial charge on any atom is -0.354 e. The first-order chi connectivity index (χ1) is 12.3. The molecule has 2 saturated heterocycles. The zero-order valence-corrected chi connectivity index (χ0v) is 16.0. The molecule has 0 aliphatic carbocycles. The Balaban J connectivity index is 1.75. The number of hydrogen-bond acceptors (Lipinski definition) is 4. The molecule has 0 bridgehead atoms. The lowest BCUT2D eigenvalue weighted by Crippen LogP contribution is -2.49. The highest BCUT2D eigenvalue weighted by molar-refractivity contribution is 7.89. The fourth-order valence-electron chi connectivity index (χ4n) is 3.75. The summed E-state index contributed by atoms with van der Waals surface area (Å²) in [7, 11) is -3.73. The largest absolute Gasteiger partial charge is 0.354 e. The lowest BCUT2D eigenvalue weighted by atomic mass is 9.91. The standard InChI is InChI=1S/C18H25N3O4S/c1-13-9-14(2)11-20(10-13)18(23)15-3-5-16(6-4-15)26(24,25)21-8-7-19-17(22)12-21/h3-6,13-14H,7-12H2,1-2H3,(H,19,22)/t13-,14-/m0/s1. The third-order valence-corrected chi connectivity index (χ3v) is 6.76. The van der Waals surface area contributed by atoms with E-state index < -0.39 is 10.0 Å². The molecule has 1 aromatic rings. The molecular weight excluding hydrogens is 354 g/mol. The Morgan fingerprint density at radius 3 is 2.31 bits per heavy atom. The van der Waals surface area contributed by atoms with E-state index >= 15 is 0 Å². The molecule has 0 spiro atoms. The molecule has 26 heavy (non-hydrogen) atoms. The zero-order valence-electron chi connectivity index (χ0n) is 15.1. The molecule has 8 heteroatoms. The van der Waals surface area contributed by atoms with E-state index in [-0.39, 0.29) is 29.8 Å². The van der Waals surface area contributed by atoms with Crippen molar-refractivity contribution in [3.8, 4) is 0 Å². The summed E-state index contributed by atoms with van der Waals surface area (Å²) in [6, 6.07) is 6.02. The molecule has 2 heterocycles. The number of rotatable bonds is 3. The summed E-state index contributed by atoms with van der Waals surface area (Å²) in [5.74, 6) is 0.560. The number of nitrogens with one attached hydrogen (secondary N) is 1. The highest BCUT2D eigenvalue weighted by Crippen LogP contribution is 2.23. The molecule has 1 N–H and O–H groups in total. The maximum atomic E-state index is 12.7. The van der Waals surface area contributed by atoms with Gasteiger partial charge in [-0.2, -0.15) is 4.31 Å². The van der Waals surface area contributed by atoms with Crippen LogP contribution in [-0.4, -0.2) is 62.2 Å². The van der Waals surface area contributed by atoms with Crippen LogP contribution < -0.4 is 5.32 Å². The lowest BCUT2D eigenvalue weighted by molar-refractivity contribution is -0.122. The monoisotopic (exact) mass is 379 g/mol. The van der Waals surface area contributed by atoms with Crippen molar-refractivity contribution in [3.05, 3.63) is 29.8 Å². The van der Waals surface area contributed by atoms with Gasteiger partial charge in [0.15, 0.2) is 0 Å². The number of carbonyl (C=O) groups is 2. The number of benzene rings is 1. The van der Waals surface area contributed by atoms with Gasteiger partial charge in [-0.25, -0.2) is 8.42 Å². The normalized spacial score (nSPS) is 25.0. The molecule has 0 radical (unpaired) electrons. The number of piperidine rings is 1. The van der Waals surface area contributed by atoms with Crippen LogP contribution in [0.2, 0.25) is 0 Å². The number of likely N-dealkylation sites (tertiary alicyclic amines) is 1. The lowest BCUT2D eigenvalue weighted by Gasteiger charge is -2.35. The van der Waals surface area contributed by atoms with E-state index in [1.54, 1.807) is 12.1 Å². The molecule has 0 saturated carbocycles. The molecule has 0 aromatic heterocycles. The van der Waals surface area contributed by atoms with Gasteiger partial charge in [0.05, 0.1) is 11.4 Å². The molecule has 2 fully saturated rings. The zero-order chi connectivity index (χ0) is 18.9. The highest BCUT2D eigenvalue weighted by atomic mass is 32.2. The van der Waals surface area contributed by atoms with Gasteiger partial charge in [-0.1, -0.05) is 13.8 Å². The van der Waals surface area contributed by atoms with E-state index in [0.29, 0.717) is 23.9 Å². The molecule has 2 aliphatic rings. The number of piperazine rings is 1. The second-order valence-corrected chi connectivity index (χ2v) is 9.31. The van der Waals surface area contributed by atoms with Crippen molar-refractivity contribution in [2.75, 3.05) is 32.7 Å². The Morgan fingerprint density at radius 2 is 1.73 bits per heavy atom. The van der Waals surface area contributed by atoms with Crippen LogP contribution in [0.15, 0.2) is 29.2 Å². The number of carbonyl (C=O) groups excluding carboxylic acids is 2. The predicted molar refractivity (Wildman–Crippen MR) is 97.1 cm³/mol. The second-order valence-electron chi connectivity index (χ2n) is 7.37. The molecule has 2 amide bonds. The SMILES string of the molecule is C[C@H]1C[C@H](C)CN(C(=O)c2ccc(S(=O)(=O)N3CCNC(=O)C3)cc2)C1. The Labute approximate surface area is 154 Å². The predicted octanol–water partition coefficient (Wildman–Crippen LogP) is 0.925. The fraction of sp³-hybridized carbons (Fsp3) is 0.556. The van der Waals surface area contributed by atoms with E-state index in [1.165, 1.54) is 12.1 Å². The van der Waals surface area contributed by atoms with Gasteiger partial charge in [0.1, 0.15) is 0 Å². The molecule has 1 aromatic carbocycles. The van der Waals surface area contributed by atoms with E-state index in [9.17, 15) is 18.0 Å². The summed E-state index contributed by atoms with van der Waals surface area (Å²) in [4.78, 5) is 26.1. The van der Waals surface area contributed by atoms with Crippen LogP contribution in [0, 0.1) is 11.8 Å². The first-order valence-electron chi connectivity index (χ1n) is 8.93. The summed E-state index contributed by atoms with van der Waals surface area (Å²) in [6.45, 7) is 6.11. The van der Waals surface area contributed by atoms with Gasteiger partial charge in [-0.05, 0) is 42.5 Å². The molecule has 2 aliphatic heterocycles. The Kier molecular flexibility index (Phi) is 5.34. The first-order valence-corrected chi connectivity index (χ1v) is 10.4. The Morgan fingerprint density at radius 1 is 1.12 bits per heavy atom. The highest BCUT2D eigenvalue weighted by Gasteiger charge is 2.30. The number of sulfonamides is 1. The minimum atomic E-state index is -3.73. The summed E-state index contributed by atoms with van der Waals surface area (Å²) in [5.41, 5.74) is 0.488. The second kappa shape index (κ2) is 7.36. The van der Waals surface area contributed by atoms with Crippen LogP contribution in [0.5, 0.6) is 0 Å². The van der Waals surface area contributed by atoms with Crippen molar-refractivity contribution in [1.29, 1.82) is 0 Å². The third-order valence-electron chi connectivity index (χ3n) is 4.90. The van der Waals surface area contributed by atoms with Crippen molar-refractivity contribution in [2.24, 2.45) is 11.8 Å². The first kappa shape index (κ1) is 18.8. The molecule has 2 atom stereocenters. The number of nitrogens with zero attached hydrogens (tertiary/aromatic N) is 2. The van der Waals surface area contributed by atoms with Gasteiger partial charge in [0.25, 0.3) is 5.91 Å². The van der Waals surface area contributed by atoms with Gasteiger partial charge in [0.2, 0.25) is 15.9 Å². The number of hydrogen-bond donors (Lipinski definition) is 1. The Hall–Kier alpha value is -1.93. The van der Waals surface area contributed by atoms with Gasteiger partial charge in [0, 0.05) is 31.7 Å². The van der Waals surface area contributed by atoms with Crippen LogP contribution in [0.1, 0.15) is 30.6 Å². The van der Waals surface area contributed by atoms with Crippen LogP contribution in [0.3, 0.4) is 0 Å². The van der Waals surface area contributed by atoms with Crippen LogP contribution in [-0.2, 0) is 14.8 Å². The molecular formula is C18H25N3O4S. The average molecular weight is 379 g/mol. The van der Waals surface area contributed by atoms with E-state index in [1.807, 2.05) is 4.90 Å². The number of amides is 2. The third kappa shape index (κ3) is 3.91. The van der Waals surface area contributed by atoms with Crippen molar-refractivity contribution >= 4 is 21.8 Å². The molecule has 3 rings (SSSR count). The summed E-state index contributed by atoms with van der Waals surface area (Å²) < 4.78 is 26.5. The summed E-state index contributed by atoms with van der Waals surface area (Å²) in [6.07, 6.45) is 1.12. The van der Waals surface area contributed by atoms with Crippen molar-refractivity contribution in [1.82, 2.24) is 14.5 Å². The summed E-state index contributed by atoms with van der Waals surface area (Å²) in [5, 5.41) is 2.61. The van der Waals surface area contributed by atoms with Crippen LogP contribution in [0.25, 0.3) is 0 Å². The Bertz CT molecular complexity index is 781. The smallest absolute Gasteiger partial charge is 0.253 e. The maximum absolute atomic E-state index is 12.7. The molecule has 7 nitrogen and oxygen atoms in total. The average Bonchev–Trinajstić information content (AvgIpc) is 2.60. The summed E-state index contributed by atoms with van der Waals surface area (Å²) >= 11 is 0.